The second kappa shape index (κ2) is 6.72. The van der Waals surface area contributed by atoms with Gasteiger partial charge in [0.25, 0.3) is 0 Å². The van der Waals surface area contributed by atoms with Gasteiger partial charge in [-0.3, -0.25) is 0 Å². The Kier molecular flexibility index (Phi) is 4.97. The molecule has 0 fully saturated rings. The molecule has 1 nitrogen and oxygen atoms in total. The lowest BCUT2D eigenvalue weighted by atomic mass is 10.0. The van der Waals surface area contributed by atoms with Crippen molar-refractivity contribution in [3.8, 4) is 5.75 Å². The van der Waals surface area contributed by atoms with E-state index in [-0.39, 0.29) is 24.3 Å². The molecule has 0 spiro atoms. The SMILES string of the molecule is C=Cc1ccc(Cl)c(Cc2ccc(OCC)c(F)c2F)c1. The molecule has 0 heterocycles. The highest BCUT2D eigenvalue weighted by molar-refractivity contribution is 6.31. The summed E-state index contributed by atoms with van der Waals surface area (Å²) in [5, 5.41) is 0.509. The molecular formula is C17H15ClF2O. The van der Waals surface area contributed by atoms with E-state index in [2.05, 4.69) is 6.58 Å². The van der Waals surface area contributed by atoms with Crippen LogP contribution >= 0.6 is 11.6 Å². The van der Waals surface area contributed by atoms with E-state index in [4.69, 9.17) is 16.3 Å². The van der Waals surface area contributed by atoms with Crippen molar-refractivity contribution < 1.29 is 13.5 Å². The maximum atomic E-state index is 14.1. The van der Waals surface area contributed by atoms with Gasteiger partial charge >= 0.3 is 0 Å². The Labute approximate surface area is 127 Å². The van der Waals surface area contributed by atoms with Crippen molar-refractivity contribution >= 4 is 17.7 Å². The van der Waals surface area contributed by atoms with Crippen LogP contribution in [0.5, 0.6) is 5.75 Å². The Morgan fingerprint density at radius 2 is 1.90 bits per heavy atom. The smallest absolute Gasteiger partial charge is 0.200 e. The Hall–Kier alpha value is -1.87. The molecule has 21 heavy (non-hydrogen) atoms. The molecule has 0 N–H and O–H groups in total. The number of ether oxygens (including phenoxy) is 1. The Balaban J connectivity index is 2.36. The van der Waals surface area contributed by atoms with Crippen molar-refractivity contribution in [2.45, 2.75) is 13.3 Å². The van der Waals surface area contributed by atoms with Gasteiger partial charge in [0.15, 0.2) is 11.6 Å². The molecule has 0 amide bonds. The van der Waals surface area contributed by atoms with E-state index in [0.29, 0.717) is 5.02 Å². The van der Waals surface area contributed by atoms with E-state index in [9.17, 15) is 8.78 Å². The summed E-state index contributed by atoms with van der Waals surface area (Å²) in [6.07, 6.45) is 1.88. The lowest BCUT2D eigenvalue weighted by molar-refractivity contribution is 0.313. The van der Waals surface area contributed by atoms with Gasteiger partial charge in [-0.15, -0.1) is 0 Å². The Morgan fingerprint density at radius 3 is 2.57 bits per heavy atom. The van der Waals surface area contributed by atoms with Crippen LogP contribution in [0, 0.1) is 11.6 Å². The van der Waals surface area contributed by atoms with Gasteiger partial charge in [0, 0.05) is 11.4 Å². The summed E-state index contributed by atoms with van der Waals surface area (Å²) in [7, 11) is 0. The van der Waals surface area contributed by atoms with Crippen molar-refractivity contribution in [3.05, 3.63) is 70.3 Å². The van der Waals surface area contributed by atoms with Crippen LogP contribution in [-0.2, 0) is 6.42 Å². The molecule has 110 valence electrons. The second-order valence-electron chi connectivity index (χ2n) is 4.52. The van der Waals surface area contributed by atoms with Gasteiger partial charge in [-0.1, -0.05) is 36.4 Å². The van der Waals surface area contributed by atoms with Crippen molar-refractivity contribution in [3.63, 3.8) is 0 Å². The fourth-order valence-corrected chi connectivity index (χ4v) is 2.22. The summed E-state index contributed by atoms with van der Waals surface area (Å²) < 4.78 is 32.9. The van der Waals surface area contributed by atoms with Crippen molar-refractivity contribution in [2.24, 2.45) is 0 Å². The number of hydrogen-bond acceptors (Lipinski definition) is 1. The van der Waals surface area contributed by atoms with Crippen LogP contribution in [0.3, 0.4) is 0 Å². The summed E-state index contributed by atoms with van der Waals surface area (Å²) in [6, 6.07) is 8.29. The van der Waals surface area contributed by atoms with Crippen LogP contribution < -0.4 is 4.74 Å². The van der Waals surface area contributed by atoms with Gasteiger partial charge in [0.1, 0.15) is 0 Å². The number of halogens is 3. The van der Waals surface area contributed by atoms with E-state index >= 15 is 0 Å². The lowest BCUT2D eigenvalue weighted by Gasteiger charge is -2.10. The zero-order valence-corrected chi connectivity index (χ0v) is 12.4. The van der Waals surface area contributed by atoms with E-state index in [1.54, 1.807) is 19.1 Å². The van der Waals surface area contributed by atoms with Gasteiger partial charge in [-0.05, 0) is 41.8 Å². The minimum absolute atomic E-state index is 0.0790. The molecule has 0 saturated carbocycles. The predicted molar refractivity (Wildman–Crippen MR) is 81.9 cm³/mol. The molecule has 0 radical (unpaired) electrons. The highest BCUT2D eigenvalue weighted by Gasteiger charge is 2.15. The maximum Gasteiger partial charge on any atom is 0.200 e. The van der Waals surface area contributed by atoms with Gasteiger partial charge < -0.3 is 4.74 Å². The fourth-order valence-electron chi connectivity index (χ4n) is 2.04. The Morgan fingerprint density at radius 1 is 1.14 bits per heavy atom. The monoisotopic (exact) mass is 308 g/mol. The number of rotatable bonds is 5. The maximum absolute atomic E-state index is 14.1. The van der Waals surface area contributed by atoms with E-state index in [1.165, 1.54) is 12.1 Å². The molecule has 0 unspecified atom stereocenters. The third kappa shape index (κ3) is 3.42. The lowest BCUT2D eigenvalue weighted by Crippen LogP contribution is -2.01. The van der Waals surface area contributed by atoms with E-state index < -0.39 is 11.6 Å². The van der Waals surface area contributed by atoms with Gasteiger partial charge in [0.05, 0.1) is 6.61 Å². The summed E-state index contributed by atoms with van der Waals surface area (Å²) in [5.41, 5.74) is 1.83. The average Bonchev–Trinajstić information content (AvgIpc) is 2.49. The third-order valence-corrected chi connectivity index (χ3v) is 3.48. The third-order valence-electron chi connectivity index (χ3n) is 3.11. The molecule has 4 heteroatoms. The summed E-state index contributed by atoms with van der Waals surface area (Å²) >= 11 is 6.10. The summed E-state index contributed by atoms with van der Waals surface area (Å²) in [4.78, 5) is 0. The average molecular weight is 309 g/mol. The molecule has 0 aliphatic rings. The molecule has 0 aliphatic carbocycles. The number of benzene rings is 2. The first-order chi connectivity index (χ1) is 10.1. The molecule has 0 atom stereocenters. The first kappa shape index (κ1) is 15.5. The predicted octanol–water partition coefficient (Wildman–Crippen LogP) is 5.25. The molecular weight excluding hydrogens is 294 g/mol. The topological polar surface area (TPSA) is 9.23 Å². The van der Waals surface area contributed by atoms with Crippen LogP contribution in [0.15, 0.2) is 36.9 Å². The van der Waals surface area contributed by atoms with Crippen molar-refractivity contribution in [1.29, 1.82) is 0 Å². The van der Waals surface area contributed by atoms with Crippen LogP contribution in [-0.4, -0.2) is 6.61 Å². The number of hydrogen-bond donors (Lipinski definition) is 0. The zero-order chi connectivity index (χ0) is 15.4. The quantitative estimate of drug-likeness (QED) is 0.733. The first-order valence-corrected chi connectivity index (χ1v) is 6.95. The zero-order valence-electron chi connectivity index (χ0n) is 11.6. The highest BCUT2D eigenvalue weighted by Crippen LogP contribution is 2.27. The molecule has 2 aromatic rings. The molecule has 0 bridgehead atoms. The molecule has 2 rings (SSSR count). The van der Waals surface area contributed by atoms with Gasteiger partial charge in [-0.25, -0.2) is 4.39 Å². The largest absolute Gasteiger partial charge is 0.491 e. The van der Waals surface area contributed by atoms with Crippen LogP contribution in [0.25, 0.3) is 6.08 Å². The minimum atomic E-state index is -0.967. The highest BCUT2D eigenvalue weighted by atomic mass is 35.5. The van der Waals surface area contributed by atoms with Crippen LogP contribution in [0.4, 0.5) is 8.78 Å². The fraction of sp³-hybridized carbons (Fsp3) is 0.176. The molecule has 0 aliphatic heterocycles. The molecule has 0 saturated heterocycles. The van der Waals surface area contributed by atoms with Crippen molar-refractivity contribution in [1.82, 2.24) is 0 Å². The van der Waals surface area contributed by atoms with E-state index in [0.717, 1.165) is 11.1 Å². The second-order valence-corrected chi connectivity index (χ2v) is 4.92. The Bertz CT molecular complexity index is 668. The minimum Gasteiger partial charge on any atom is -0.491 e. The first-order valence-electron chi connectivity index (χ1n) is 6.57. The van der Waals surface area contributed by atoms with E-state index in [1.807, 2.05) is 12.1 Å². The van der Waals surface area contributed by atoms with Crippen LogP contribution in [0.1, 0.15) is 23.6 Å². The molecule has 0 aromatic heterocycles. The van der Waals surface area contributed by atoms with Gasteiger partial charge in [-0.2, -0.15) is 4.39 Å². The van der Waals surface area contributed by atoms with Crippen molar-refractivity contribution in [2.75, 3.05) is 6.61 Å². The standard InChI is InChI=1S/C17H15ClF2O/c1-3-11-5-7-14(18)13(9-11)10-12-6-8-15(21-4-2)17(20)16(12)19/h3,5-9H,1,4,10H2,2H3. The summed E-state index contributed by atoms with van der Waals surface area (Å²) in [6.45, 7) is 5.67. The van der Waals surface area contributed by atoms with Crippen LogP contribution in [0.2, 0.25) is 5.02 Å². The van der Waals surface area contributed by atoms with Gasteiger partial charge in [0.2, 0.25) is 5.82 Å². The summed E-state index contributed by atoms with van der Waals surface area (Å²) in [5.74, 6) is -1.95. The normalized spacial score (nSPS) is 10.5. The molecule has 2 aromatic carbocycles.